The standard InChI is InChI=1S/C19H16FN7O3/c1-25-23-18(22-24-25)16-9-26-7-11(2-5-17(26)21-16)14-4-3-12(6-15(14)20)27-8-13(10-28)30-19(27)29/h2-7,9,13,28H,8,10H2,1H3/t13-/m1/s1. The number of nitrogens with zero attached hydrogens (tertiary/aromatic N) is 7. The molecule has 3 aromatic heterocycles. The Morgan fingerprint density at radius 1 is 1.27 bits per heavy atom. The van der Waals surface area contributed by atoms with Gasteiger partial charge in [-0.1, -0.05) is 0 Å². The van der Waals surface area contributed by atoms with E-state index in [1.165, 1.54) is 15.8 Å². The molecule has 11 heteroatoms. The Balaban J connectivity index is 1.47. The fraction of sp³-hybridized carbons (Fsp3) is 0.211. The summed E-state index contributed by atoms with van der Waals surface area (Å²) in [6.07, 6.45) is 2.29. The molecule has 0 aliphatic carbocycles. The van der Waals surface area contributed by atoms with Crippen molar-refractivity contribution in [3.8, 4) is 22.6 Å². The van der Waals surface area contributed by atoms with Crippen LogP contribution in [0, 0.1) is 5.82 Å². The van der Waals surface area contributed by atoms with Gasteiger partial charge in [0, 0.05) is 23.5 Å². The first kappa shape index (κ1) is 18.2. The van der Waals surface area contributed by atoms with Gasteiger partial charge in [0.25, 0.3) is 0 Å². The molecular formula is C19H16FN7O3. The molecule has 1 aromatic carbocycles. The lowest BCUT2D eigenvalue weighted by molar-refractivity contribution is 0.0963. The maximum absolute atomic E-state index is 14.9. The van der Waals surface area contributed by atoms with Crippen LogP contribution in [-0.4, -0.2) is 60.0 Å². The van der Waals surface area contributed by atoms with E-state index < -0.39 is 18.0 Å². The van der Waals surface area contributed by atoms with Crippen LogP contribution in [0.15, 0.2) is 42.7 Å². The van der Waals surface area contributed by atoms with E-state index in [0.29, 0.717) is 34.0 Å². The first-order valence-electron chi connectivity index (χ1n) is 9.14. The minimum absolute atomic E-state index is 0.175. The molecule has 1 atom stereocenters. The van der Waals surface area contributed by atoms with Crippen LogP contribution in [-0.2, 0) is 11.8 Å². The number of hydrogen-bond donors (Lipinski definition) is 1. The molecule has 0 bridgehead atoms. The van der Waals surface area contributed by atoms with E-state index in [0.717, 1.165) is 0 Å². The summed E-state index contributed by atoms with van der Waals surface area (Å²) in [6, 6.07) is 8.07. The van der Waals surface area contributed by atoms with E-state index in [1.807, 2.05) is 0 Å². The van der Waals surface area contributed by atoms with Crippen LogP contribution in [0.3, 0.4) is 0 Å². The number of cyclic esters (lactones) is 1. The number of hydrogen-bond acceptors (Lipinski definition) is 7. The average molecular weight is 409 g/mol. The number of aliphatic hydroxyl groups is 1. The summed E-state index contributed by atoms with van der Waals surface area (Å²) in [7, 11) is 1.67. The SMILES string of the molecule is Cn1nnc(-c2cn3cc(-c4ccc(N5C[C@H](CO)OC5=O)cc4F)ccc3n2)n1. The molecule has 0 unspecified atom stereocenters. The number of carbonyl (C=O) groups excluding carboxylic acids is 1. The van der Waals surface area contributed by atoms with Crippen LogP contribution in [0.2, 0.25) is 0 Å². The summed E-state index contributed by atoms with van der Waals surface area (Å²) in [6.45, 7) is -0.103. The Labute approximate surface area is 169 Å². The van der Waals surface area contributed by atoms with Gasteiger partial charge in [0.15, 0.2) is 0 Å². The Morgan fingerprint density at radius 3 is 2.83 bits per heavy atom. The minimum atomic E-state index is -0.609. The van der Waals surface area contributed by atoms with E-state index in [1.54, 1.807) is 48.1 Å². The lowest BCUT2D eigenvalue weighted by atomic mass is 10.1. The molecule has 4 heterocycles. The van der Waals surface area contributed by atoms with E-state index in [4.69, 9.17) is 9.84 Å². The van der Waals surface area contributed by atoms with Gasteiger partial charge in [-0.15, -0.1) is 10.2 Å². The summed E-state index contributed by atoms with van der Waals surface area (Å²) >= 11 is 0. The maximum atomic E-state index is 14.9. The Hall–Kier alpha value is -3.86. The number of carbonyl (C=O) groups is 1. The molecule has 0 saturated carbocycles. The number of anilines is 1. The minimum Gasteiger partial charge on any atom is -0.441 e. The Morgan fingerprint density at radius 2 is 2.13 bits per heavy atom. The molecule has 152 valence electrons. The lowest BCUT2D eigenvalue weighted by Crippen LogP contribution is -2.25. The average Bonchev–Trinajstić information content (AvgIpc) is 3.44. The second kappa shape index (κ2) is 6.88. The monoisotopic (exact) mass is 409 g/mol. The number of imidazole rings is 1. The largest absolute Gasteiger partial charge is 0.441 e. The zero-order chi connectivity index (χ0) is 20.8. The summed E-state index contributed by atoms with van der Waals surface area (Å²) in [4.78, 5) is 19.0. The van der Waals surface area contributed by atoms with Crippen molar-refractivity contribution >= 4 is 17.4 Å². The predicted molar refractivity (Wildman–Crippen MR) is 103 cm³/mol. The van der Waals surface area contributed by atoms with Crippen LogP contribution in [0.5, 0.6) is 0 Å². The van der Waals surface area contributed by atoms with Crippen molar-refractivity contribution in [1.82, 2.24) is 29.6 Å². The number of amides is 1. The van der Waals surface area contributed by atoms with Crippen LogP contribution < -0.4 is 4.90 Å². The summed E-state index contributed by atoms with van der Waals surface area (Å²) in [5.41, 5.74) is 2.60. The van der Waals surface area contributed by atoms with E-state index in [-0.39, 0.29) is 13.2 Å². The van der Waals surface area contributed by atoms with Gasteiger partial charge in [-0.05, 0) is 35.5 Å². The third-order valence-corrected chi connectivity index (χ3v) is 4.84. The lowest BCUT2D eigenvalue weighted by Gasteiger charge is -2.14. The van der Waals surface area contributed by atoms with Crippen molar-refractivity contribution in [2.45, 2.75) is 6.10 Å². The number of ether oxygens (including phenoxy) is 1. The summed E-state index contributed by atoms with van der Waals surface area (Å²) in [5, 5.41) is 21.0. The van der Waals surface area contributed by atoms with Crippen molar-refractivity contribution in [2.24, 2.45) is 7.05 Å². The van der Waals surface area contributed by atoms with Crippen LogP contribution >= 0.6 is 0 Å². The van der Waals surface area contributed by atoms with Crippen molar-refractivity contribution in [3.05, 3.63) is 48.5 Å². The number of aromatic nitrogens is 6. The van der Waals surface area contributed by atoms with Gasteiger partial charge in [-0.3, -0.25) is 4.90 Å². The van der Waals surface area contributed by atoms with Crippen molar-refractivity contribution < 1.29 is 19.0 Å². The van der Waals surface area contributed by atoms with Crippen molar-refractivity contribution in [3.63, 3.8) is 0 Å². The number of tetrazole rings is 1. The molecule has 10 nitrogen and oxygen atoms in total. The molecule has 4 aromatic rings. The van der Waals surface area contributed by atoms with E-state index in [2.05, 4.69) is 20.4 Å². The van der Waals surface area contributed by atoms with Crippen LogP contribution in [0.1, 0.15) is 0 Å². The van der Waals surface area contributed by atoms with Crippen molar-refractivity contribution in [2.75, 3.05) is 18.1 Å². The number of benzene rings is 1. The van der Waals surface area contributed by atoms with Crippen LogP contribution in [0.4, 0.5) is 14.9 Å². The highest BCUT2D eigenvalue weighted by Crippen LogP contribution is 2.29. The van der Waals surface area contributed by atoms with Gasteiger partial charge in [0.1, 0.15) is 23.3 Å². The molecule has 30 heavy (non-hydrogen) atoms. The Bertz CT molecular complexity index is 1270. The molecule has 1 aliphatic heterocycles. The van der Waals surface area contributed by atoms with Gasteiger partial charge in [0.2, 0.25) is 5.82 Å². The third kappa shape index (κ3) is 3.05. The van der Waals surface area contributed by atoms with Gasteiger partial charge < -0.3 is 14.2 Å². The van der Waals surface area contributed by atoms with Gasteiger partial charge in [0.05, 0.1) is 25.9 Å². The molecule has 1 aliphatic rings. The number of rotatable bonds is 4. The molecule has 1 fully saturated rings. The number of aryl methyl sites for hydroxylation is 1. The molecule has 1 amide bonds. The Kier molecular flexibility index (Phi) is 4.17. The number of fused-ring (bicyclic) bond motifs is 1. The summed E-state index contributed by atoms with van der Waals surface area (Å²) in [5.74, 6) is -0.0833. The highest BCUT2D eigenvalue weighted by molar-refractivity contribution is 5.90. The van der Waals surface area contributed by atoms with E-state index >= 15 is 0 Å². The zero-order valence-electron chi connectivity index (χ0n) is 15.8. The highest BCUT2D eigenvalue weighted by atomic mass is 19.1. The van der Waals surface area contributed by atoms with Gasteiger partial charge in [-0.25, -0.2) is 14.2 Å². The molecular weight excluding hydrogens is 393 g/mol. The molecule has 1 saturated heterocycles. The third-order valence-electron chi connectivity index (χ3n) is 4.84. The second-order valence-corrected chi connectivity index (χ2v) is 6.87. The number of aliphatic hydroxyl groups excluding tert-OH is 1. The fourth-order valence-electron chi connectivity index (χ4n) is 3.38. The smallest absolute Gasteiger partial charge is 0.414 e. The quantitative estimate of drug-likeness (QED) is 0.546. The number of pyridine rings is 1. The fourth-order valence-corrected chi connectivity index (χ4v) is 3.38. The van der Waals surface area contributed by atoms with Crippen molar-refractivity contribution in [1.29, 1.82) is 0 Å². The van der Waals surface area contributed by atoms with Gasteiger partial charge >= 0.3 is 6.09 Å². The van der Waals surface area contributed by atoms with E-state index in [9.17, 15) is 9.18 Å². The molecule has 0 spiro atoms. The zero-order valence-corrected chi connectivity index (χ0v) is 15.8. The molecule has 0 radical (unpaired) electrons. The highest BCUT2D eigenvalue weighted by Gasteiger charge is 2.32. The first-order chi connectivity index (χ1) is 14.5. The topological polar surface area (TPSA) is 111 Å². The second-order valence-electron chi connectivity index (χ2n) is 6.87. The van der Waals surface area contributed by atoms with Crippen LogP contribution in [0.25, 0.3) is 28.3 Å². The normalized spacial score (nSPS) is 16.4. The predicted octanol–water partition coefficient (Wildman–Crippen LogP) is 1.65. The summed E-state index contributed by atoms with van der Waals surface area (Å²) < 4.78 is 21.7. The molecule has 1 N–H and O–H groups in total. The van der Waals surface area contributed by atoms with Gasteiger partial charge in [-0.2, -0.15) is 4.80 Å². The molecule has 5 rings (SSSR count). The first-order valence-corrected chi connectivity index (χ1v) is 9.14. The number of halogens is 1. The maximum Gasteiger partial charge on any atom is 0.414 e.